The predicted octanol–water partition coefficient (Wildman–Crippen LogP) is 2.05. The molecule has 8 nitrogen and oxygen atoms in total. The highest BCUT2D eigenvalue weighted by Crippen LogP contribution is 2.32. The number of pyridine rings is 1. The van der Waals surface area contributed by atoms with Gasteiger partial charge in [0.2, 0.25) is 6.79 Å². The Balaban J connectivity index is 1.55. The van der Waals surface area contributed by atoms with Crippen LogP contribution >= 0.6 is 0 Å². The van der Waals surface area contributed by atoms with Crippen molar-refractivity contribution in [2.45, 2.75) is 13.5 Å². The average molecular weight is 351 g/mol. The average Bonchev–Trinajstić information content (AvgIpc) is 3.37. The van der Waals surface area contributed by atoms with Crippen molar-refractivity contribution in [1.82, 2.24) is 24.6 Å². The number of hydrogen-bond donors (Lipinski definition) is 0. The van der Waals surface area contributed by atoms with E-state index in [0.717, 1.165) is 11.3 Å². The molecule has 0 aliphatic carbocycles. The minimum Gasteiger partial charge on any atom is -0.454 e. The number of amides is 1. The fourth-order valence-electron chi connectivity index (χ4n) is 2.77. The lowest BCUT2D eigenvalue weighted by Gasteiger charge is -2.21. The zero-order chi connectivity index (χ0) is 17.9. The Labute approximate surface area is 150 Å². The first-order valence-corrected chi connectivity index (χ1v) is 8.23. The van der Waals surface area contributed by atoms with E-state index in [0.29, 0.717) is 30.2 Å². The fourth-order valence-corrected chi connectivity index (χ4v) is 2.77. The van der Waals surface area contributed by atoms with Crippen LogP contribution in [0.2, 0.25) is 0 Å². The maximum absolute atomic E-state index is 12.9. The molecule has 0 unspecified atom stereocenters. The molecule has 0 bridgehead atoms. The summed E-state index contributed by atoms with van der Waals surface area (Å²) in [6.07, 6.45) is 4.56. The highest BCUT2D eigenvalue weighted by molar-refractivity contribution is 5.94. The number of carbonyl (C=O) groups is 1. The first kappa shape index (κ1) is 16.1. The van der Waals surface area contributed by atoms with Gasteiger partial charge in [-0.15, -0.1) is 0 Å². The van der Waals surface area contributed by atoms with E-state index in [9.17, 15) is 4.79 Å². The second kappa shape index (κ2) is 6.83. The van der Waals surface area contributed by atoms with Gasteiger partial charge in [-0.1, -0.05) is 6.07 Å². The van der Waals surface area contributed by atoms with Gasteiger partial charge in [-0.2, -0.15) is 5.10 Å². The summed E-state index contributed by atoms with van der Waals surface area (Å²) in [4.78, 5) is 22.8. The number of hydrogen-bond acceptors (Lipinski definition) is 6. The van der Waals surface area contributed by atoms with Crippen molar-refractivity contribution in [3.63, 3.8) is 0 Å². The molecule has 3 heterocycles. The lowest BCUT2D eigenvalue weighted by Crippen LogP contribution is -2.30. The summed E-state index contributed by atoms with van der Waals surface area (Å²) < 4.78 is 12.3. The molecular formula is C18H17N5O3. The fraction of sp³-hybridized carbons (Fsp3) is 0.222. The molecular weight excluding hydrogens is 334 g/mol. The second-order valence-corrected chi connectivity index (χ2v) is 5.75. The van der Waals surface area contributed by atoms with Crippen LogP contribution in [0.5, 0.6) is 11.5 Å². The Bertz CT molecular complexity index is 926. The smallest absolute Gasteiger partial charge is 0.254 e. The van der Waals surface area contributed by atoms with E-state index in [2.05, 4.69) is 15.1 Å². The summed E-state index contributed by atoms with van der Waals surface area (Å²) in [5.74, 6) is 1.92. The van der Waals surface area contributed by atoms with E-state index in [-0.39, 0.29) is 12.7 Å². The summed E-state index contributed by atoms with van der Waals surface area (Å²) in [5.41, 5.74) is 1.53. The molecule has 2 aromatic heterocycles. The van der Waals surface area contributed by atoms with Crippen LogP contribution in [-0.2, 0) is 6.54 Å². The summed E-state index contributed by atoms with van der Waals surface area (Å²) >= 11 is 0. The minimum absolute atomic E-state index is 0.0751. The molecule has 26 heavy (non-hydrogen) atoms. The Morgan fingerprint density at radius 3 is 2.92 bits per heavy atom. The summed E-state index contributed by atoms with van der Waals surface area (Å²) in [7, 11) is 0. The van der Waals surface area contributed by atoms with Gasteiger partial charge in [-0.25, -0.2) is 14.6 Å². The lowest BCUT2D eigenvalue weighted by molar-refractivity contribution is 0.0752. The van der Waals surface area contributed by atoms with Crippen LogP contribution in [0.25, 0.3) is 5.82 Å². The van der Waals surface area contributed by atoms with Crippen LogP contribution in [-0.4, -0.2) is 43.9 Å². The van der Waals surface area contributed by atoms with Crippen molar-refractivity contribution in [3.05, 3.63) is 60.3 Å². The molecule has 8 heteroatoms. The Hall–Kier alpha value is -3.42. The first-order valence-electron chi connectivity index (χ1n) is 8.23. The van der Waals surface area contributed by atoms with Crippen LogP contribution in [0.15, 0.2) is 49.2 Å². The molecule has 0 saturated heterocycles. The van der Waals surface area contributed by atoms with Crippen molar-refractivity contribution < 1.29 is 14.3 Å². The normalized spacial score (nSPS) is 12.2. The van der Waals surface area contributed by atoms with E-state index >= 15 is 0 Å². The van der Waals surface area contributed by atoms with Gasteiger partial charge in [0.1, 0.15) is 12.7 Å². The van der Waals surface area contributed by atoms with Crippen LogP contribution in [0.3, 0.4) is 0 Å². The van der Waals surface area contributed by atoms with Crippen LogP contribution in [0.1, 0.15) is 22.8 Å². The van der Waals surface area contributed by atoms with Gasteiger partial charge in [-0.05, 0) is 36.8 Å². The lowest BCUT2D eigenvalue weighted by atomic mass is 10.1. The molecule has 0 atom stereocenters. The van der Waals surface area contributed by atoms with Crippen LogP contribution in [0, 0.1) is 0 Å². The number of fused-ring (bicyclic) bond motifs is 1. The Kier molecular flexibility index (Phi) is 4.22. The Morgan fingerprint density at radius 2 is 2.12 bits per heavy atom. The molecule has 0 N–H and O–H groups in total. The largest absolute Gasteiger partial charge is 0.454 e. The van der Waals surface area contributed by atoms with E-state index in [1.807, 2.05) is 25.1 Å². The van der Waals surface area contributed by atoms with Gasteiger partial charge in [0.25, 0.3) is 5.91 Å². The SMILES string of the molecule is CCN(Cc1ccc2c(c1)OCO2)C(=O)c1ccnc(-n2cncn2)c1. The van der Waals surface area contributed by atoms with Crippen molar-refractivity contribution in [3.8, 4) is 17.3 Å². The molecule has 0 saturated carbocycles. The molecule has 3 aromatic rings. The summed E-state index contributed by atoms with van der Waals surface area (Å²) in [5, 5.41) is 4.05. The molecule has 1 aromatic carbocycles. The number of nitrogens with zero attached hydrogens (tertiary/aromatic N) is 5. The van der Waals surface area contributed by atoms with Crippen LogP contribution in [0.4, 0.5) is 0 Å². The molecule has 4 rings (SSSR count). The quantitative estimate of drug-likeness (QED) is 0.700. The monoisotopic (exact) mass is 351 g/mol. The van der Waals surface area contributed by atoms with Gasteiger partial charge in [0.15, 0.2) is 17.3 Å². The second-order valence-electron chi connectivity index (χ2n) is 5.75. The number of ether oxygens (including phenoxy) is 2. The van der Waals surface area contributed by atoms with Crippen molar-refractivity contribution in [1.29, 1.82) is 0 Å². The van der Waals surface area contributed by atoms with Gasteiger partial charge < -0.3 is 14.4 Å². The molecule has 132 valence electrons. The predicted molar refractivity (Wildman–Crippen MR) is 92.1 cm³/mol. The number of rotatable bonds is 5. The van der Waals surface area contributed by atoms with E-state index in [1.54, 1.807) is 29.6 Å². The molecule has 1 aliphatic heterocycles. The number of aromatic nitrogens is 4. The van der Waals surface area contributed by atoms with Crippen molar-refractivity contribution >= 4 is 5.91 Å². The Morgan fingerprint density at radius 1 is 1.23 bits per heavy atom. The van der Waals surface area contributed by atoms with Gasteiger partial charge in [-0.3, -0.25) is 4.79 Å². The maximum atomic E-state index is 12.9. The summed E-state index contributed by atoms with van der Waals surface area (Å²) in [6, 6.07) is 9.12. The van der Waals surface area contributed by atoms with Crippen molar-refractivity contribution in [2.24, 2.45) is 0 Å². The molecule has 0 radical (unpaired) electrons. The zero-order valence-corrected chi connectivity index (χ0v) is 14.2. The molecule has 0 fully saturated rings. The number of benzene rings is 1. The highest BCUT2D eigenvalue weighted by atomic mass is 16.7. The van der Waals surface area contributed by atoms with E-state index in [1.165, 1.54) is 11.0 Å². The zero-order valence-electron chi connectivity index (χ0n) is 14.2. The third kappa shape index (κ3) is 3.08. The highest BCUT2D eigenvalue weighted by Gasteiger charge is 2.18. The minimum atomic E-state index is -0.0751. The van der Waals surface area contributed by atoms with E-state index in [4.69, 9.17) is 9.47 Å². The van der Waals surface area contributed by atoms with E-state index < -0.39 is 0 Å². The van der Waals surface area contributed by atoms with Gasteiger partial charge in [0.05, 0.1) is 0 Å². The third-order valence-electron chi connectivity index (χ3n) is 4.13. The van der Waals surface area contributed by atoms with Crippen molar-refractivity contribution in [2.75, 3.05) is 13.3 Å². The topological polar surface area (TPSA) is 82.4 Å². The first-order chi connectivity index (χ1) is 12.7. The third-order valence-corrected chi connectivity index (χ3v) is 4.13. The van der Waals surface area contributed by atoms with Gasteiger partial charge in [0, 0.05) is 24.8 Å². The standard InChI is InChI=1S/C18H17N5O3/c1-2-22(9-13-3-4-15-16(7-13)26-12-25-15)18(24)14-5-6-20-17(8-14)23-11-19-10-21-23/h3-8,10-11H,2,9,12H2,1H3. The van der Waals surface area contributed by atoms with Gasteiger partial charge >= 0.3 is 0 Å². The van der Waals surface area contributed by atoms with Crippen LogP contribution < -0.4 is 9.47 Å². The molecule has 1 amide bonds. The molecule has 1 aliphatic rings. The summed E-state index contributed by atoms with van der Waals surface area (Å²) in [6.45, 7) is 3.24. The number of carbonyl (C=O) groups excluding carboxylic acids is 1. The molecule has 0 spiro atoms. The maximum Gasteiger partial charge on any atom is 0.254 e.